The van der Waals surface area contributed by atoms with Gasteiger partial charge in [-0.25, -0.2) is 0 Å². The maximum absolute atomic E-state index is 5.82. The molecule has 2 heteroatoms. The maximum atomic E-state index is 5.82. The molecule has 84 valence electrons. The molecule has 1 aromatic rings. The molecule has 0 aliphatic rings. The Morgan fingerprint density at radius 2 is 1.80 bits per heavy atom. The molecule has 0 heterocycles. The number of benzene rings is 1. The smallest absolute Gasteiger partial charge is 0.00219 e. The Bertz CT molecular complexity index is 318. The van der Waals surface area contributed by atoms with Crippen molar-refractivity contribution in [1.29, 1.82) is 0 Å². The average molecular weight is 206 g/mol. The molecule has 0 saturated heterocycles. The highest BCUT2D eigenvalue weighted by atomic mass is 14.6. The van der Waals surface area contributed by atoms with E-state index in [1.807, 2.05) is 0 Å². The third-order valence-corrected chi connectivity index (χ3v) is 3.08. The third-order valence-electron chi connectivity index (χ3n) is 3.08. The lowest BCUT2D eigenvalue weighted by Crippen LogP contribution is -2.30. The van der Waals surface area contributed by atoms with E-state index in [-0.39, 0.29) is 5.41 Å². The highest BCUT2D eigenvalue weighted by Gasteiger charge is 2.22. The summed E-state index contributed by atoms with van der Waals surface area (Å²) < 4.78 is 0. The summed E-state index contributed by atoms with van der Waals surface area (Å²) in [4.78, 5) is 0. The molecule has 0 aliphatic heterocycles. The highest BCUT2D eigenvalue weighted by Crippen LogP contribution is 2.29. The first-order chi connectivity index (χ1) is 7.03. The summed E-state index contributed by atoms with van der Waals surface area (Å²) in [5.74, 6) is 0.395. The van der Waals surface area contributed by atoms with Crippen LogP contribution in [0.25, 0.3) is 0 Å². The quantitative estimate of drug-likeness (QED) is 0.791. The van der Waals surface area contributed by atoms with Crippen molar-refractivity contribution < 1.29 is 0 Å². The molecule has 0 fully saturated rings. The van der Waals surface area contributed by atoms with E-state index in [4.69, 9.17) is 11.5 Å². The van der Waals surface area contributed by atoms with Gasteiger partial charge in [-0.15, -0.1) is 0 Å². The van der Waals surface area contributed by atoms with Gasteiger partial charge in [0.05, 0.1) is 0 Å². The molecule has 0 spiro atoms. The van der Waals surface area contributed by atoms with E-state index in [1.165, 1.54) is 11.1 Å². The zero-order chi connectivity index (χ0) is 11.5. The molecule has 0 aliphatic carbocycles. The van der Waals surface area contributed by atoms with Crippen molar-refractivity contribution in [1.82, 2.24) is 0 Å². The zero-order valence-electron chi connectivity index (χ0n) is 9.96. The summed E-state index contributed by atoms with van der Waals surface area (Å²) in [7, 11) is 0. The summed E-state index contributed by atoms with van der Waals surface area (Å²) in [5, 5.41) is 0. The average Bonchev–Trinajstić information content (AvgIpc) is 2.28. The van der Waals surface area contributed by atoms with Gasteiger partial charge in [0.25, 0.3) is 0 Å². The Morgan fingerprint density at radius 3 is 2.33 bits per heavy atom. The molecule has 2 nitrogen and oxygen atoms in total. The van der Waals surface area contributed by atoms with Crippen LogP contribution in [0, 0.1) is 0 Å². The van der Waals surface area contributed by atoms with Crippen LogP contribution in [0.2, 0.25) is 0 Å². The van der Waals surface area contributed by atoms with Gasteiger partial charge in [0.2, 0.25) is 0 Å². The standard InChI is InChI=1S/C13H22N2/c1-10(8-14)11-6-4-5-7-12(11)13(2,3)9-15/h4-7,10H,8-9,14-15H2,1-3H3. The van der Waals surface area contributed by atoms with Crippen molar-refractivity contribution >= 4 is 0 Å². The second kappa shape index (κ2) is 4.77. The Hall–Kier alpha value is -0.860. The van der Waals surface area contributed by atoms with Gasteiger partial charge < -0.3 is 11.5 Å². The zero-order valence-corrected chi connectivity index (χ0v) is 9.96. The topological polar surface area (TPSA) is 52.0 Å². The Balaban J connectivity index is 3.17. The molecule has 0 saturated carbocycles. The molecule has 0 amide bonds. The Kier molecular flexibility index (Phi) is 3.89. The van der Waals surface area contributed by atoms with Gasteiger partial charge in [-0.2, -0.15) is 0 Å². The fourth-order valence-electron chi connectivity index (χ4n) is 1.78. The molecule has 1 atom stereocenters. The van der Waals surface area contributed by atoms with E-state index in [2.05, 4.69) is 45.0 Å². The van der Waals surface area contributed by atoms with Crippen LogP contribution in [0.15, 0.2) is 24.3 Å². The number of hydrogen-bond donors (Lipinski definition) is 2. The van der Waals surface area contributed by atoms with Crippen LogP contribution >= 0.6 is 0 Å². The Labute approximate surface area is 92.7 Å². The summed E-state index contributed by atoms with van der Waals surface area (Å²) in [6.45, 7) is 7.84. The molecule has 1 unspecified atom stereocenters. The summed E-state index contributed by atoms with van der Waals surface area (Å²) in [5.41, 5.74) is 14.2. The van der Waals surface area contributed by atoms with Crippen molar-refractivity contribution in [2.45, 2.75) is 32.1 Å². The van der Waals surface area contributed by atoms with Gasteiger partial charge in [0.1, 0.15) is 0 Å². The van der Waals surface area contributed by atoms with E-state index < -0.39 is 0 Å². The lowest BCUT2D eigenvalue weighted by molar-refractivity contribution is 0.528. The van der Waals surface area contributed by atoms with E-state index in [0.717, 1.165) is 0 Å². The second-order valence-corrected chi connectivity index (χ2v) is 4.81. The molecule has 1 rings (SSSR count). The normalized spacial score (nSPS) is 13.9. The number of hydrogen-bond acceptors (Lipinski definition) is 2. The second-order valence-electron chi connectivity index (χ2n) is 4.81. The molecular weight excluding hydrogens is 184 g/mol. The van der Waals surface area contributed by atoms with Gasteiger partial charge in [0.15, 0.2) is 0 Å². The SMILES string of the molecule is CC(CN)c1ccccc1C(C)(C)CN. The maximum Gasteiger partial charge on any atom is 0.00219 e. The lowest BCUT2D eigenvalue weighted by Gasteiger charge is -2.28. The first-order valence-corrected chi connectivity index (χ1v) is 5.52. The first-order valence-electron chi connectivity index (χ1n) is 5.52. The van der Waals surface area contributed by atoms with Crippen LogP contribution in [0.3, 0.4) is 0 Å². The molecular formula is C13H22N2. The van der Waals surface area contributed by atoms with Crippen molar-refractivity contribution in [3.8, 4) is 0 Å². The van der Waals surface area contributed by atoms with E-state index in [1.54, 1.807) is 0 Å². The summed E-state index contributed by atoms with van der Waals surface area (Å²) in [6, 6.07) is 8.45. The van der Waals surface area contributed by atoms with Crippen LogP contribution in [0.1, 0.15) is 37.8 Å². The highest BCUT2D eigenvalue weighted by molar-refractivity contribution is 5.36. The van der Waals surface area contributed by atoms with Crippen molar-refractivity contribution in [3.05, 3.63) is 35.4 Å². The predicted octanol–water partition coefficient (Wildman–Crippen LogP) is 1.99. The predicted molar refractivity (Wildman–Crippen MR) is 66.0 cm³/mol. The minimum atomic E-state index is 0.0278. The largest absolute Gasteiger partial charge is 0.330 e. The van der Waals surface area contributed by atoms with Gasteiger partial charge in [-0.3, -0.25) is 0 Å². The number of nitrogens with two attached hydrogens (primary N) is 2. The minimum Gasteiger partial charge on any atom is -0.330 e. The van der Waals surface area contributed by atoms with Crippen molar-refractivity contribution in [2.75, 3.05) is 13.1 Å². The lowest BCUT2D eigenvalue weighted by atomic mass is 9.79. The molecule has 0 bridgehead atoms. The van der Waals surface area contributed by atoms with Crippen molar-refractivity contribution in [3.63, 3.8) is 0 Å². The van der Waals surface area contributed by atoms with E-state index in [9.17, 15) is 0 Å². The molecule has 15 heavy (non-hydrogen) atoms. The molecule has 1 aromatic carbocycles. The van der Waals surface area contributed by atoms with Crippen molar-refractivity contribution in [2.24, 2.45) is 11.5 Å². The van der Waals surface area contributed by atoms with Gasteiger partial charge in [-0.1, -0.05) is 45.0 Å². The van der Waals surface area contributed by atoms with Crippen LogP contribution in [0.4, 0.5) is 0 Å². The van der Waals surface area contributed by atoms with Crippen LogP contribution < -0.4 is 11.5 Å². The van der Waals surface area contributed by atoms with Gasteiger partial charge in [0, 0.05) is 12.0 Å². The van der Waals surface area contributed by atoms with E-state index in [0.29, 0.717) is 19.0 Å². The third kappa shape index (κ3) is 2.58. The van der Waals surface area contributed by atoms with Crippen LogP contribution in [-0.4, -0.2) is 13.1 Å². The van der Waals surface area contributed by atoms with Crippen LogP contribution in [-0.2, 0) is 5.41 Å². The monoisotopic (exact) mass is 206 g/mol. The fourth-order valence-corrected chi connectivity index (χ4v) is 1.78. The van der Waals surface area contributed by atoms with Gasteiger partial charge in [-0.05, 0) is 23.6 Å². The first kappa shape index (κ1) is 12.2. The van der Waals surface area contributed by atoms with Crippen LogP contribution in [0.5, 0.6) is 0 Å². The summed E-state index contributed by atoms with van der Waals surface area (Å²) in [6.07, 6.45) is 0. The summed E-state index contributed by atoms with van der Waals surface area (Å²) >= 11 is 0. The van der Waals surface area contributed by atoms with E-state index >= 15 is 0 Å². The molecule has 0 aromatic heterocycles. The molecule has 4 N–H and O–H groups in total. The molecule has 0 radical (unpaired) electrons. The minimum absolute atomic E-state index is 0.0278. The number of rotatable bonds is 4. The Morgan fingerprint density at radius 1 is 1.20 bits per heavy atom. The fraction of sp³-hybridized carbons (Fsp3) is 0.538. The van der Waals surface area contributed by atoms with Gasteiger partial charge >= 0.3 is 0 Å².